The molecule has 1 fully saturated rings. The van der Waals surface area contributed by atoms with E-state index in [1.165, 1.54) is 4.63 Å². The summed E-state index contributed by atoms with van der Waals surface area (Å²) < 4.78 is 1.47. The molecule has 0 N–H and O–H groups in total. The number of halogens is 1. The van der Waals surface area contributed by atoms with Gasteiger partial charge in [0, 0.05) is 32.1 Å². The van der Waals surface area contributed by atoms with Crippen LogP contribution in [0, 0.1) is 0 Å². The summed E-state index contributed by atoms with van der Waals surface area (Å²) in [6.07, 6.45) is 1.12. The summed E-state index contributed by atoms with van der Waals surface area (Å²) in [7, 11) is 0. The van der Waals surface area contributed by atoms with Gasteiger partial charge in [0.1, 0.15) is 0 Å². The number of tetrazole rings is 1. The molecule has 102 valence electrons. The van der Waals surface area contributed by atoms with Crippen LogP contribution in [0.1, 0.15) is 6.42 Å². The molecular formula is C11H16ClN7. The van der Waals surface area contributed by atoms with Gasteiger partial charge in [-0.05, 0) is 35.5 Å². The molecule has 0 atom stereocenters. The van der Waals surface area contributed by atoms with Crippen molar-refractivity contribution in [3.8, 4) is 0 Å². The normalized spacial score (nSPS) is 17.8. The summed E-state index contributed by atoms with van der Waals surface area (Å²) in [5, 5.41) is 15.7. The van der Waals surface area contributed by atoms with E-state index in [9.17, 15) is 0 Å². The standard InChI is InChI=1S/C11H16ClN7/c12-4-7-17-5-1-6-18(9-8-17)11-3-2-10-13-15-16-19(10)14-11/h2-3H,1,4-9H2. The van der Waals surface area contributed by atoms with Crippen molar-refractivity contribution < 1.29 is 0 Å². The third kappa shape index (κ3) is 2.76. The Labute approximate surface area is 116 Å². The third-order valence-corrected chi connectivity index (χ3v) is 3.54. The largest absolute Gasteiger partial charge is 0.354 e. The summed E-state index contributed by atoms with van der Waals surface area (Å²) in [4.78, 5) is 4.66. The number of fused-ring (bicyclic) bond motifs is 1. The Kier molecular flexibility index (Phi) is 3.74. The molecule has 2 aromatic rings. The number of hydrogen-bond donors (Lipinski definition) is 0. The molecule has 3 rings (SSSR count). The maximum Gasteiger partial charge on any atom is 0.200 e. The minimum Gasteiger partial charge on any atom is -0.354 e. The van der Waals surface area contributed by atoms with Crippen molar-refractivity contribution >= 4 is 23.1 Å². The Balaban J connectivity index is 1.74. The number of anilines is 1. The molecule has 0 radical (unpaired) electrons. The summed E-state index contributed by atoms with van der Waals surface area (Å²) in [5.74, 6) is 1.61. The summed E-state index contributed by atoms with van der Waals surface area (Å²) >= 11 is 5.80. The number of alkyl halides is 1. The molecule has 0 saturated carbocycles. The Morgan fingerprint density at radius 1 is 1.16 bits per heavy atom. The Bertz CT molecular complexity index is 543. The van der Waals surface area contributed by atoms with E-state index < -0.39 is 0 Å². The van der Waals surface area contributed by atoms with Crippen molar-refractivity contribution in [1.82, 2.24) is 30.2 Å². The van der Waals surface area contributed by atoms with Gasteiger partial charge in [0.05, 0.1) is 0 Å². The van der Waals surface area contributed by atoms with E-state index in [0.717, 1.165) is 45.0 Å². The first kappa shape index (κ1) is 12.6. The maximum absolute atomic E-state index is 5.80. The van der Waals surface area contributed by atoms with Gasteiger partial charge in [0.2, 0.25) is 0 Å². The average molecular weight is 282 g/mol. The summed E-state index contributed by atoms with van der Waals surface area (Å²) in [6.45, 7) is 5.02. The van der Waals surface area contributed by atoms with E-state index in [0.29, 0.717) is 11.5 Å². The predicted octanol–water partition coefficient (Wildman–Crippen LogP) is 0.270. The lowest BCUT2D eigenvalue weighted by atomic mass is 10.3. The first-order valence-electron chi connectivity index (χ1n) is 6.45. The highest BCUT2D eigenvalue weighted by atomic mass is 35.5. The number of aromatic nitrogens is 5. The van der Waals surface area contributed by atoms with Crippen LogP contribution < -0.4 is 4.90 Å². The highest BCUT2D eigenvalue weighted by Gasteiger charge is 2.16. The summed E-state index contributed by atoms with van der Waals surface area (Å²) in [6, 6.07) is 3.87. The highest BCUT2D eigenvalue weighted by molar-refractivity contribution is 6.18. The van der Waals surface area contributed by atoms with Crippen LogP contribution in [-0.4, -0.2) is 68.8 Å². The molecule has 0 aromatic carbocycles. The average Bonchev–Trinajstić information content (AvgIpc) is 2.77. The fourth-order valence-electron chi connectivity index (χ4n) is 2.35. The van der Waals surface area contributed by atoms with Gasteiger partial charge < -0.3 is 9.80 Å². The van der Waals surface area contributed by atoms with Gasteiger partial charge in [0.15, 0.2) is 11.5 Å². The molecule has 0 unspecified atom stereocenters. The molecule has 2 aromatic heterocycles. The maximum atomic E-state index is 5.80. The quantitative estimate of drug-likeness (QED) is 0.753. The van der Waals surface area contributed by atoms with E-state index in [4.69, 9.17) is 11.6 Å². The monoisotopic (exact) mass is 281 g/mol. The van der Waals surface area contributed by atoms with Gasteiger partial charge >= 0.3 is 0 Å². The Morgan fingerprint density at radius 2 is 2.11 bits per heavy atom. The zero-order valence-electron chi connectivity index (χ0n) is 10.6. The smallest absolute Gasteiger partial charge is 0.200 e. The van der Waals surface area contributed by atoms with Crippen LogP contribution in [0.4, 0.5) is 5.82 Å². The minimum absolute atomic E-state index is 0.669. The van der Waals surface area contributed by atoms with E-state index in [-0.39, 0.29) is 0 Å². The topological polar surface area (TPSA) is 62.5 Å². The molecule has 0 bridgehead atoms. The molecule has 7 nitrogen and oxygen atoms in total. The van der Waals surface area contributed by atoms with Crippen molar-refractivity contribution in [2.75, 3.05) is 43.5 Å². The molecule has 0 aliphatic carbocycles. The van der Waals surface area contributed by atoms with Gasteiger partial charge in [-0.25, -0.2) is 0 Å². The van der Waals surface area contributed by atoms with Crippen molar-refractivity contribution in [2.24, 2.45) is 0 Å². The zero-order valence-corrected chi connectivity index (χ0v) is 11.4. The lowest BCUT2D eigenvalue weighted by Crippen LogP contribution is -2.32. The van der Waals surface area contributed by atoms with Gasteiger partial charge in [-0.2, -0.15) is 0 Å². The zero-order chi connectivity index (χ0) is 13.1. The van der Waals surface area contributed by atoms with Crippen LogP contribution in [0.15, 0.2) is 12.1 Å². The van der Waals surface area contributed by atoms with E-state index in [2.05, 4.69) is 30.4 Å². The Morgan fingerprint density at radius 3 is 3.00 bits per heavy atom. The first-order valence-corrected chi connectivity index (χ1v) is 6.99. The molecule has 1 saturated heterocycles. The second-order valence-corrected chi connectivity index (χ2v) is 4.97. The van der Waals surface area contributed by atoms with Crippen molar-refractivity contribution in [3.63, 3.8) is 0 Å². The number of hydrogen-bond acceptors (Lipinski definition) is 6. The molecule has 0 spiro atoms. The number of rotatable bonds is 3. The molecule has 19 heavy (non-hydrogen) atoms. The van der Waals surface area contributed by atoms with Crippen molar-refractivity contribution in [2.45, 2.75) is 6.42 Å². The molecule has 1 aliphatic rings. The lowest BCUT2D eigenvalue weighted by Gasteiger charge is -2.21. The molecule has 8 heteroatoms. The molecular weight excluding hydrogens is 266 g/mol. The second kappa shape index (κ2) is 5.66. The second-order valence-electron chi connectivity index (χ2n) is 4.59. The van der Waals surface area contributed by atoms with Gasteiger partial charge in [-0.3, -0.25) is 0 Å². The predicted molar refractivity (Wildman–Crippen MR) is 72.6 cm³/mol. The van der Waals surface area contributed by atoms with Crippen LogP contribution in [0.25, 0.3) is 5.65 Å². The first-order chi connectivity index (χ1) is 9.36. The van der Waals surface area contributed by atoms with Crippen molar-refractivity contribution in [3.05, 3.63) is 12.1 Å². The molecule has 3 heterocycles. The Hall–Kier alpha value is -1.47. The van der Waals surface area contributed by atoms with E-state index >= 15 is 0 Å². The number of nitrogens with zero attached hydrogens (tertiary/aromatic N) is 7. The lowest BCUT2D eigenvalue weighted by molar-refractivity contribution is 0.311. The van der Waals surface area contributed by atoms with Gasteiger partial charge in [-0.1, -0.05) is 0 Å². The van der Waals surface area contributed by atoms with Crippen molar-refractivity contribution in [1.29, 1.82) is 0 Å². The van der Waals surface area contributed by atoms with E-state index in [1.807, 2.05) is 12.1 Å². The van der Waals surface area contributed by atoms with Crippen LogP contribution in [-0.2, 0) is 0 Å². The minimum atomic E-state index is 0.669. The van der Waals surface area contributed by atoms with Gasteiger partial charge in [0.25, 0.3) is 0 Å². The van der Waals surface area contributed by atoms with Gasteiger partial charge in [-0.15, -0.1) is 26.4 Å². The molecule has 0 amide bonds. The van der Waals surface area contributed by atoms with Crippen LogP contribution in [0.5, 0.6) is 0 Å². The fourth-order valence-corrected chi connectivity index (χ4v) is 2.59. The fraction of sp³-hybridized carbons (Fsp3) is 0.636. The van der Waals surface area contributed by atoms with Crippen LogP contribution >= 0.6 is 11.6 Å². The van der Waals surface area contributed by atoms with Crippen LogP contribution in [0.2, 0.25) is 0 Å². The van der Waals surface area contributed by atoms with Crippen LogP contribution in [0.3, 0.4) is 0 Å². The third-order valence-electron chi connectivity index (χ3n) is 3.37. The highest BCUT2D eigenvalue weighted by Crippen LogP contribution is 2.13. The summed E-state index contributed by atoms with van der Waals surface area (Å²) in [5.41, 5.74) is 0.669. The SMILES string of the molecule is ClCCN1CCCN(c2ccc3nnnn3n2)CC1. The van der Waals surface area contributed by atoms with E-state index in [1.54, 1.807) is 0 Å². The molecule has 1 aliphatic heterocycles.